The first-order valence-corrected chi connectivity index (χ1v) is 8.13. The van der Waals surface area contributed by atoms with Crippen molar-refractivity contribution >= 4 is 21.6 Å². The number of hydrogen-bond acceptors (Lipinski definition) is 4. The largest absolute Gasteiger partial charge is 0.325 e. The Bertz CT molecular complexity index is 742. The molecule has 6 nitrogen and oxygen atoms in total. The van der Waals surface area contributed by atoms with E-state index in [1.807, 2.05) is 6.07 Å². The maximum absolute atomic E-state index is 12.7. The van der Waals surface area contributed by atoms with Gasteiger partial charge in [-0.15, -0.1) is 0 Å². The summed E-state index contributed by atoms with van der Waals surface area (Å²) < 4.78 is 26.6. The number of sulfonamides is 1. The zero-order valence-corrected chi connectivity index (χ0v) is 13.4. The van der Waals surface area contributed by atoms with Gasteiger partial charge >= 0.3 is 0 Å². The quantitative estimate of drug-likeness (QED) is 0.873. The Morgan fingerprint density at radius 1 is 1.38 bits per heavy atom. The van der Waals surface area contributed by atoms with Crippen molar-refractivity contribution in [3.63, 3.8) is 0 Å². The van der Waals surface area contributed by atoms with Crippen molar-refractivity contribution in [3.05, 3.63) is 46.2 Å². The molecule has 0 radical (unpaired) electrons. The summed E-state index contributed by atoms with van der Waals surface area (Å²) >= 11 is 6.07. The molecular weight excluding hydrogens is 312 g/mol. The van der Waals surface area contributed by atoms with Crippen LogP contribution in [0.2, 0.25) is 5.02 Å². The summed E-state index contributed by atoms with van der Waals surface area (Å²) in [4.78, 5) is 0.138. The molecule has 0 unspecified atom stereocenters. The molecule has 21 heavy (non-hydrogen) atoms. The lowest BCUT2D eigenvalue weighted by atomic mass is 10.2. The predicted octanol–water partition coefficient (Wildman–Crippen LogP) is 1.65. The van der Waals surface area contributed by atoms with Crippen LogP contribution in [0, 0.1) is 6.92 Å². The molecule has 8 heteroatoms. The fourth-order valence-electron chi connectivity index (χ4n) is 2.06. The van der Waals surface area contributed by atoms with E-state index in [0.717, 1.165) is 5.56 Å². The molecule has 1 heterocycles. The number of nitrogens with zero attached hydrogens (tertiary/aromatic N) is 2. The summed E-state index contributed by atoms with van der Waals surface area (Å²) in [6.07, 6.45) is 0. The van der Waals surface area contributed by atoms with Crippen LogP contribution in [0.5, 0.6) is 0 Å². The molecule has 114 valence electrons. The highest BCUT2D eigenvalue weighted by Gasteiger charge is 2.28. The highest BCUT2D eigenvalue weighted by molar-refractivity contribution is 7.89. The van der Waals surface area contributed by atoms with Crippen LogP contribution < -0.4 is 5.73 Å². The molecule has 0 saturated carbocycles. The topological polar surface area (TPSA) is 92.1 Å². The lowest BCUT2D eigenvalue weighted by molar-refractivity contribution is 0.465. The normalized spacial score (nSPS) is 12.0. The van der Waals surface area contributed by atoms with E-state index in [1.165, 1.54) is 11.4 Å². The summed E-state index contributed by atoms with van der Waals surface area (Å²) in [6, 6.07) is 7.13. The first-order valence-electron chi connectivity index (χ1n) is 6.31. The Balaban J connectivity index is 2.35. The van der Waals surface area contributed by atoms with E-state index < -0.39 is 10.0 Å². The van der Waals surface area contributed by atoms with Gasteiger partial charge in [0.2, 0.25) is 10.0 Å². The van der Waals surface area contributed by atoms with Crippen molar-refractivity contribution in [2.45, 2.75) is 24.9 Å². The third-order valence-corrected chi connectivity index (χ3v) is 5.55. The SMILES string of the molecule is Cc1[nH]nc(CN)c1S(=O)(=O)N(C)Cc1ccccc1Cl. The molecular formula is C13H17ClN4O2S. The highest BCUT2D eigenvalue weighted by atomic mass is 35.5. The maximum atomic E-state index is 12.7. The molecule has 2 rings (SSSR count). The van der Waals surface area contributed by atoms with E-state index in [1.54, 1.807) is 25.1 Å². The van der Waals surface area contributed by atoms with Crippen molar-refractivity contribution in [3.8, 4) is 0 Å². The molecule has 0 aliphatic heterocycles. The minimum absolute atomic E-state index is 0.0544. The number of benzene rings is 1. The van der Waals surface area contributed by atoms with Crippen LogP contribution in [0.15, 0.2) is 29.2 Å². The number of rotatable bonds is 5. The zero-order chi connectivity index (χ0) is 15.6. The van der Waals surface area contributed by atoms with E-state index in [-0.39, 0.29) is 18.0 Å². The third-order valence-electron chi connectivity index (χ3n) is 3.17. The van der Waals surface area contributed by atoms with E-state index in [0.29, 0.717) is 16.4 Å². The van der Waals surface area contributed by atoms with E-state index in [4.69, 9.17) is 17.3 Å². The number of H-pyrrole nitrogens is 1. The van der Waals surface area contributed by atoms with Crippen molar-refractivity contribution in [1.82, 2.24) is 14.5 Å². The molecule has 0 aliphatic carbocycles. The second kappa shape index (κ2) is 6.15. The summed E-state index contributed by atoms with van der Waals surface area (Å²) in [5.41, 5.74) is 7.09. The maximum Gasteiger partial charge on any atom is 0.246 e. The van der Waals surface area contributed by atoms with E-state index in [9.17, 15) is 8.42 Å². The highest BCUT2D eigenvalue weighted by Crippen LogP contribution is 2.24. The van der Waals surface area contributed by atoms with Gasteiger partial charge in [0.25, 0.3) is 0 Å². The van der Waals surface area contributed by atoms with Gasteiger partial charge in [0.1, 0.15) is 4.90 Å². The Hall–Kier alpha value is -1.41. The van der Waals surface area contributed by atoms with Gasteiger partial charge in [0.05, 0.1) is 11.4 Å². The fraction of sp³-hybridized carbons (Fsp3) is 0.308. The van der Waals surface area contributed by atoms with Crippen molar-refractivity contribution in [1.29, 1.82) is 0 Å². The second-order valence-corrected chi connectivity index (χ2v) is 7.07. The van der Waals surface area contributed by atoms with Crippen molar-refractivity contribution < 1.29 is 8.42 Å². The van der Waals surface area contributed by atoms with Crippen LogP contribution in [0.25, 0.3) is 0 Å². The summed E-state index contributed by atoms with van der Waals surface area (Å²) in [5, 5.41) is 7.12. The molecule has 3 N–H and O–H groups in total. The molecule has 2 aromatic rings. The molecule has 1 aromatic heterocycles. The number of aryl methyl sites for hydroxylation is 1. The summed E-state index contributed by atoms with van der Waals surface area (Å²) in [6.45, 7) is 1.89. The molecule has 0 fully saturated rings. The summed E-state index contributed by atoms with van der Waals surface area (Å²) in [7, 11) is -2.18. The smallest absolute Gasteiger partial charge is 0.246 e. The predicted molar refractivity (Wildman–Crippen MR) is 81.3 cm³/mol. The molecule has 1 aromatic carbocycles. The van der Waals surface area contributed by atoms with Gasteiger partial charge in [0, 0.05) is 25.2 Å². The van der Waals surface area contributed by atoms with Crippen LogP contribution in [-0.2, 0) is 23.1 Å². The van der Waals surface area contributed by atoms with Crippen LogP contribution >= 0.6 is 11.6 Å². The average molecular weight is 329 g/mol. The Morgan fingerprint density at radius 2 is 2.05 bits per heavy atom. The monoisotopic (exact) mass is 328 g/mol. The molecule has 0 spiro atoms. The van der Waals surface area contributed by atoms with Crippen LogP contribution in [0.1, 0.15) is 17.0 Å². The van der Waals surface area contributed by atoms with Gasteiger partial charge in [0.15, 0.2) is 0 Å². The average Bonchev–Trinajstić information content (AvgIpc) is 2.83. The van der Waals surface area contributed by atoms with Gasteiger partial charge < -0.3 is 5.73 Å². The van der Waals surface area contributed by atoms with Crippen LogP contribution in [-0.4, -0.2) is 30.0 Å². The van der Waals surface area contributed by atoms with Crippen LogP contribution in [0.3, 0.4) is 0 Å². The minimum atomic E-state index is -3.68. The molecule has 0 atom stereocenters. The van der Waals surface area contributed by atoms with Gasteiger partial charge in [-0.25, -0.2) is 8.42 Å². The lowest BCUT2D eigenvalue weighted by Gasteiger charge is -2.18. The Labute approximate surface area is 129 Å². The van der Waals surface area contributed by atoms with Crippen molar-refractivity contribution in [2.75, 3.05) is 7.05 Å². The molecule has 0 amide bonds. The van der Waals surface area contributed by atoms with E-state index in [2.05, 4.69) is 10.2 Å². The third kappa shape index (κ3) is 3.11. The van der Waals surface area contributed by atoms with E-state index >= 15 is 0 Å². The first-order chi connectivity index (χ1) is 9.87. The van der Waals surface area contributed by atoms with Gasteiger partial charge in [-0.05, 0) is 18.6 Å². The number of nitrogens with two attached hydrogens (primary N) is 1. The molecule has 0 aliphatic rings. The number of nitrogens with one attached hydrogen (secondary N) is 1. The minimum Gasteiger partial charge on any atom is -0.325 e. The molecule has 0 saturated heterocycles. The number of halogens is 1. The fourth-order valence-corrected chi connectivity index (χ4v) is 3.73. The summed E-state index contributed by atoms with van der Waals surface area (Å²) in [5.74, 6) is 0. The van der Waals surface area contributed by atoms with Crippen molar-refractivity contribution in [2.24, 2.45) is 5.73 Å². The van der Waals surface area contributed by atoms with Gasteiger partial charge in [-0.3, -0.25) is 5.10 Å². The number of aromatic nitrogens is 2. The van der Waals surface area contributed by atoms with Gasteiger partial charge in [-0.2, -0.15) is 9.40 Å². The number of aromatic amines is 1. The Kier molecular flexibility index (Phi) is 4.67. The second-order valence-electron chi connectivity index (χ2n) is 4.68. The zero-order valence-electron chi connectivity index (χ0n) is 11.8. The van der Waals surface area contributed by atoms with Gasteiger partial charge in [-0.1, -0.05) is 29.8 Å². The standard InChI is InChI=1S/C13H17ClN4O2S/c1-9-13(12(7-15)17-16-9)21(19,20)18(2)8-10-5-3-4-6-11(10)14/h3-6H,7-8,15H2,1-2H3,(H,16,17). The first kappa shape index (κ1) is 16.0. The molecule has 0 bridgehead atoms. The van der Waals surface area contributed by atoms with Crippen LogP contribution in [0.4, 0.5) is 0 Å². The number of hydrogen-bond donors (Lipinski definition) is 2. The Morgan fingerprint density at radius 3 is 2.67 bits per heavy atom. The lowest BCUT2D eigenvalue weighted by Crippen LogP contribution is -2.28.